The van der Waals surface area contributed by atoms with Crippen molar-refractivity contribution in [2.45, 2.75) is 90.3 Å². The standard InChI is InChI=1S/C44H56N8O6Si/c1-9-26(4)37(50-44(56)58-6)42(54)51-20-10-11-34(51)39-45-22-33(47-39)28-14-12-27(13-15-28)29-16-18-31-30(21-29)17-19-32-38(31)48-40(46-32)35-23-59(7,8)24-52(35)41(53)36(25(2)3)49-43(55)57-5/h12-19,21-22,25-26,34-37H,9-11,20,23-24H2,1-8H3,(H,45,47)(H,46,48)(H,49,55)(H,50,56)/t26?,34-,35-,36-,37-/m0/s1. The number of imidazole rings is 2. The summed E-state index contributed by atoms with van der Waals surface area (Å²) in [5, 5.41) is 7.62. The van der Waals surface area contributed by atoms with Crippen molar-refractivity contribution in [1.82, 2.24) is 40.4 Å². The van der Waals surface area contributed by atoms with E-state index in [2.05, 4.69) is 82.2 Å². The molecular formula is C44H56N8O6Si. The van der Waals surface area contributed by atoms with E-state index in [0.717, 1.165) is 81.1 Å². The lowest BCUT2D eigenvalue weighted by molar-refractivity contribution is -0.136. The van der Waals surface area contributed by atoms with Crippen molar-refractivity contribution < 1.29 is 28.7 Å². The lowest BCUT2D eigenvalue weighted by atomic mass is 9.97. The highest BCUT2D eigenvalue weighted by molar-refractivity contribution is 6.78. The van der Waals surface area contributed by atoms with Crippen molar-refractivity contribution in [3.8, 4) is 22.4 Å². The van der Waals surface area contributed by atoms with Crippen LogP contribution in [0.3, 0.4) is 0 Å². The van der Waals surface area contributed by atoms with E-state index >= 15 is 0 Å². The van der Waals surface area contributed by atoms with Gasteiger partial charge in [-0.05, 0) is 64.9 Å². The van der Waals surface area contributed by atoms with Gasteiger partial charge in [-0.25, -0.2) is 19.6 Å². The van der Waals surface area contributed by atoms with Crippen LogP contribution in [0.4, 0.5) is 9.59 Å². The zero-order valence-electron chi connectivity index (χ0n) is 35.2. The maximum Gasteiger partial charge on any atom is 0.407 e. The molecule has 0 aliphatic carbocycles. The summed E-state index contributed by atoms with van der Waals surface area (Å²) in [5.74, 6) is 1.08. The fraction of sp³-hybridized carbons (Fsp3) is 0.455. The highest BCUT2D eigenvalue weighted by Gasteiger charge is 2.46. The van der Waals surface area contributed by atoms with Gasteiger partial charge in [0.05, 0.1) is 57.3 Å². The number of alkyl carbamates (subject to hydrolysis) is 2. The molecule has 4 heterocycles. The molecule has 1 unspecified atom stereocenters. The summed E-state index contributed by atoms with van der Waals surface area (Å²) < 4.78 is 9.64. The van der Waals surface area contributed by atoms with Crippen LogP contribution < -0.4 is 10.6 Å². The summed E-state index contributed by atoms with van der Waals surface area (Å²) in [4.78, 5) is 72.6. The average Bonchev–Trinajstić information content (AvgIpc) is 4.06. The Hall–Kier alpha value is -5.70. The van der Waals surface area contributed by atoms with Crippen LogP contribution in [0.15, 0.2) is 60.8 Å². The van der Waals surface area contributed by atoms with E-state index in [9.17, 15) is 19.2 Å². The van der Waals surface area contributed by atoms with Crippen LogP contribution in [0, 0.1) is 11.8 Å². The van der Waals surface area contributed by atoms with Gasteiger partial charge in [-0.1, -0.05) is 89.7 Å². The molecule has 2 aliphatic rings. The first kappa shape index (κ1) is 41.5. The minimum absolute atomic E-state index is 0.0565. The Labute approximate surface area is 345 Å². The van der Waals surface area contributed by atoms with Gasteiger partial charge in [-0.2, -0.15) is 0 Å². The number of carbonyl (C=O) groups excluding carboxylic acids is 4. The maximum atomic E-state index is 14.0. The number of ether oxygens (including phenoxy) is 2. The summed E-state index contributed by atoms with van der Waals surface area (Å²) in [6.45, 7) is 13.0. The highest BCUT2D eigenvalue weighted by atomic mass is 28.3. The molecule has 0 spiro atoms. The molecule has 2 aromatic heterocycles. The zero-order chi connectivity index (χ0) is 42.2. The molecule has 0 saturated carbocycles. The van der Waals surface area contributed by atoms with Gasteiger partial charge in [0.1, 0.15) is 23.7 Å². The van der Waals surface area contributed by atoms with Crippen molar-refractivity contribution >= 4 is 53.9 Å². The number of aromatic amines is 2. The van der Waals surface area contributed by atoms with Crippen LogP contribution in [0.25, 0.3) is 44.2 Å². The van der Waals surface area contributed by atoms with Crippen molar-refractivity contribution in [1.29, 1.82) is 0 Å². The van der Waals surface area contributed by atoms with Gasteiger partial charge in [0.15, 0.2) is 0 Å². The monoisotopic (exact) mass is 820 g/mol. The van der Waals surface area contributed by atoms with Crippen molar-refractivity contribution in [2.75, 3.05) is 26.9 Å². The molecule has 15 heteroatoms. The van der Waals surface area contributed by atoms with E-state index in [1.165, 1.54) is 14.2 Å². The smallest absolute Gasteiger partial charge is 0.407 e. The number of H-pyrrole nitrogens is 2. The number of carbonyl (C=O) groups is 4. The molecule has 5 atom stereocenters. The van der Waals surface area contributed by atoms with E-state index in [0.29, 0.717) is 12.7 Å². The van der Waals surface area contributed by atoms with E-state index in [-0.39, 0.29) is 35.7 Å². The highest BCUT2D eigenvalue weighted by Crippen LogP contribution is 2.40. The second-order valence-electron chi connectivity index (χ2n) is 17.2. The Morgan fingerprint density at radius 3 is 2.17 bits per heavy atom. The Bertz CT molecular complexity index is 2360. The lowest BCUT2D eigenvalue weighted by Crippen LogP contribution is -2.52. The number of hydrogen-bond donors (Lipinski definition) is 4. The number of amides is 4. The van der Waals surface area contributed by atoms with Gasteiger partial charge >= 0.3 is 12.2 Å². The molecule has 0 bridgehead atoms. The van der Waals surface area contributed by atoms with Gasteiger partial charge in [-0.3, -0.25) is 9.59 Å². The molecule has 5 aromatic rings. The number of nitrogens with zero attached hydrogens (tertiary/aromatic N) is 4. The summed E-state index contributed by atoms with van der Waals surface area (Å²) in [6, 6.07) is 17.9. The first-order chi connectivity index (χ1) is 28.2. The summed E-state index contributed by atoms with van der Waals surface area (Å²) in [7, 11) is 0.831. The van der Waals surface area contributed by atoms with E-state index in [1.54, 1.807) is 0 Å². The summed E-state index contributed by atoms with van der Waals surface area (Å²) in [5.41, 5.74) is 5.75. The third-order valence-electron chi connectivity index (χ3n) is 12.1. The number of methoxy groups -OCH3 is 2. The first-order valence-electron chi connectivity index (χ1n) is 20.6. The SMILES string of the molecule is CCC(C)[C@H](NC(=O)OC)C(=O)N1CCC[C@H]1c1ncc(-c2ccc(-c3ccc4c(ccc5nc([C@@H]6C[Si](C)(C)CN6C(=O)[C@@H](NC(=O)OC)C(C)C)[nH]c54)c3)cc2)[nH]1. The number of nitrogens with one attached hydrogen (secondary N) is 4. The number of aromatic nitrogens is 4. The van der Waals surface area contributed by atoms with Crippen LogP contribution >= 0.6 is 0 Å². The zero-order valence-corrected chi connectivity index (χ0v) is 36.2. The second-order valence-corrected chi connectivity index (χ2v) is 22.2. The number of rotatable bonds is 11. The van der Waals surface area contributed by atoms with Crippen LogP contribution in [-0.4, -0.2) is 101 Å². The minimum atomic E-state index is -1.77. The van der Waals surface area contributed by atoms with Gasteiger partial charge in [-0.15, -0.1) is 0 Å². The fourth-order valence-electron chi connectivity index (χ4n) is 8.65. The molecule has 0 radical (unpaired) electrons. The quantitative estimate of drug-likeness (QED) is 0.0981. The van der Waals surface area contributed by atoms with Crippen molar-refractivity contribution in [3.63, 3.8) is 0 Å². The van der Waals surface area contributed by atoms with Crippen LogP contribution in [-0.2, 0) is 19.1 Å². The second kappa shape index (κ2) is 16.9. The lowest BCUT2D eigenvalue weighted by Gasteiger charge is -2.30. The number of likely N-dealkylation sites (tertiary alicyclic amines) is 1. The van der Waals surface area contributed by atoms with Crippen LogP contribution in [0.5, 0.6) is 0 Å². The first-order valence-corrected chi connectivity index (χ1v) is 24.0. The molecule has 2 aliphatic heterocycles. The van der Waals surface area contributed by atoms with Gasteiger partial charge in [0.25, 0.3) is 0 Å². The van der Waals surface area contributed by atoms with Crippen LogP contribution in [0.1, 0.15) is 70.7 Å². The minimum Gasteiger partial charge on any atom is -0.453 e. The van der Waals surface area contributed by atoms with Gasteiger partial charge in [0.2, 0.25) is 11.8 Å². The predicted molar refractivity (Wildman–Crippen MR) is 230 cm³/mol. The Balaban J connectivity index is 1.09. The van der Waals surface area contributed by atoms with Gasteiger partial charge in [0, 0.05) is 18.1 Å². The normalized spacial score (nSPS) is 19.2. The third kappa shape index (κ3) is 8.43. The molecule has 3 aromatic carbocycles. The topological polar surface area (TPSA) is 175 Å². The van der Waals surface area contributed by atoms with Crippen LogP contribution in [0.2, 0.25) is 19.1 Å². The van der Waals surface area contributed by atoms with E-state index < -0.39 is 32.3 Å². The summed E-state index contributed by atoms with van der Waals surface area (Å²) >= 11 is 0. The Kier molecular flexibility index (Phi) is 11.9. The summed E-state index contributed by atoms with van der Waals surface area (Å²) in [6.07, 6.45) is 3.63. The molecule has 59 heavy (non-hydrogen) atoms. The molecule has 2 saturated heterocycles. The molecule has 4 N–H and O–H groups in total. The van der Waals surface area contributed by atoms with E-state index in [4.69, 9.17) is 19.4 Å². The number of fused-ring (bicyclic) bond motifs is 3. The molecule has 312 valence electrons. The fourth-order valence-corrected chi connectivity index (χ4v) is 11.5. The molecule has 7 rings (SSSR count). The Morgan fingerprint density at radius 2 is 1.49 bits per heavy atom. The van der Waals surface area contributed by atoms with Gasteiger partial charge < -0.3 is 39.9 Å². The Morgan fingerprint density at radius 1 is 0.831 bits per heavy atom. The molecule has 14 nitrogen and oxygen atoms in total. The molecule has 4 amide bonds. The molecule has 2 fully saturated rings. The van der Waals surface area contributed by atoms with E-state index in [1.807, 2.05) is 49.8 Å². The molecular weight excluding hydrogens is 765 g/mol. The average molecular weight is 821 g/mol. The third-order valence-corrected chi connectivity index (χ3v) is 14.8. The number of benzene rings is 3. The largest absolute Gasteiger partial charge is 0.453 e. The maximum absolute atomic E-state index is 14.0. The number of hydrogen-bond acceptors (Lipinski definition) is 8. The predicted octanol–water partition coefficient (Wildman–Crippen LogP) is 7.72. The van der Waals surface area contributed by atoms with Crippen molar-refractivity contribution in [2.24, 2.45) is 11.8 Å². The van der Waals surface area contributed by atoms with Crippen molar-refractivity contribution in [3.05, 3.63) is 72.4 Å².